The molecule has 0 bridgehead atoms. The highest BCUT2D eigenvalue weighted by atomic mass is 32.2. The van der Waals surface area contributed by atoms with Crippen LogP contribution < -0.4 is 16.2 Å². The number of primary sulfonamides is 1. The first-order chi connectivity index (χ1) is 9.83. The maximum absolute atomic E-state index is 12.1. The molecular weight excluding hydrogens is 290 g/mol. The molecule has 21 heavy (non-hydrogen) atoms. The molecule has 6 nitrogen and oxygen atoms in total. The fourth-order valence-corrected chi connectivity index (χ4v) is 3.28. The summed E-state index contributed by atoms with van der Waals surface area (Å²) in [4.78, 5) is 12.1. The number of hydrogen-bond acceptors (Lipinski definition) is 4. The van der Waals surface area contributed by atoms with E-state index in [9.17, 15) is 13.2 Å². The van der Waals surface area contributed by atoms with E-state index in [4.69, 9.17) is 10.9 Å². The normalized spacial score (nSPS) is 22.8. The summed E-state index contributed by atoms with van der Waals surface area (Å²) in [5.74, 6) is -0.277. The summed E-state index contributed by atoms with van der Waals surface area (Å²) < 4.78 is 22.0. The van der Waals surface area contributed by atoms with E-state index in [0.717, 1.165) is 25.7 Å². The van der Waals surface area contributed by atoms with Crippen LogP contribution in [0.15, 0.2) is 24.3 Å². The third-order valence-corrected chi connectivity index (χ3v) is 4.41. The molecule has 1 aromatic rings. The van der Waals surface area contributed by atoms with Crippen LogP contribution in [0.4, 0.5) is 5.69 Å². The van der Waals surface area contributed by atoms with E-state index in [2.05, 4.69) is 5.32 Å². The maximum Gasteiger partial charge on any atom is 0.227 e. The molecule has 1 aliphatic carbocycles. The quantitative estimate of drug-likeness (QED) is 0.767. The van der Waals surface area contributed by atoms with E-state index < -0.39 is 10.0 Å². The number of benzene rings is 1. The average Bonchev–Trinajstić information content (AvgIpc) is 2.39. The first-order valence-electron chi connectivity index (χ1n) is 6.99. The molecule has 0 saturated heterocycles. The number of amides is 1. The Kier molecular flexibility index (Phi) is 4.97. The lowest BCUT2D eigenvalue weighted by atomic mass is 9.85. The molecule has 0 aromatic heterocycles. The molecule has 2 unspecified atom stereocenters. The van der Waals surface area contributed by atoms with Crippen molar-refractivity contribution in [1.82, 2.24) is 0 Å². The second-order valence-corrected chi connectivity index (χ2v) is 7.23. The van der Waals surface area contributed by atoms with Gasteiger partial charge in [0, 0.05) is 17.6 Å². The summed E-state index contributed by atoms with van der Waals surface area (Å²) in [6.45, 7) is 0. The summed E-state index contributed by atoms with van der Waals surface area (Å²) in [7, 11) is -3.54. The van der Waals surface area contributed by atoms with Gasteiger partial charge in [0.25, 0.3) is 0 Å². The first kappa shape index (κ1) is 15.9. The number of hydrogen-bond donors (Lipinski definition) is 3. The van der Waals surface area contributed by atoms with Crippen molar-refractivity contribution in [3.63, 3.8) is 0 Å². The van der Waals surface area contributed by atoms with Crippen molar-refractivity contribution in [2.45, 2.75) is 37.5 Å². The second-order valence-electron chi connectivity index (χ2n) is 5.62. The topological polar surface area (TPSA) is 115 Å². The minimum Gasteiger partial charge on any atom is -0.328 e. The predicted molar refractivity (Wildman–Crippen MR) is 81.8 cm³/mol. The van der Waals surface area contributed by atoms with Gasteiger partial charge in [-0.25, -0.2) is 13.6 Å². The van der Waals surface area contributed by atoms with Gasteiger partial charge >= 0.3 is 0 Å². The summed E-state index contributed by atoms with van der Waals surface area (Å²) in [5.41, 5.74) is 7.13. The zero-order valence-corrected chi connectivity index (χ0v) is 12.6. The number of anilines is 1. The van der Waals surface area contributed by atoms with Crippen molar-refractivity contribution in [2.75, 3.05) is 5.32 Å². The highest BCUT2D eigenvalue weighted by molar-refractivity contribution is 7.88. The monoisotopic (exact) mass is 311 g/mol. The van der Waals surface area contributed by atoms with Gasteiger partial charge in [-0.1, -0.05) is 18.6 Å². The molecule has 5 N–H and O–H groups in total. The molecule has 0 heterocycles. The minimum absolute atomic E-state index is 0.0238. The third-order valence-electron chi connectivity index (χ3n) is 3.67. The van der Waals surface area contributed by atoms with E-state index in [1.807, 2.05) is 0 Å². The van der Waals surface area contributed by atoms with Crippen molar-refractivity contribution < 1.29 is 13.2 Å². The number of carbonyl (C=O) groups is 1. The zero-order chi connectivity index (χ0) is 15.5. The Bertz CT molecular complexity index is 598. The first-order valence-corrected chi connectivity index (χ1v) is 8.71. The summed E-state index contributed by atoms with van der Waals surface area (Å²) in [6.07, 6.45) is 3.54. The lowest BCUT2D eigenvalue weighted by molar-refractivity contribution is -0.120. The third kappa shape index (κ3) is 5.11. The Morgan fingerprint density at radius 3 is 2.48 bits per heavy atom. The number of nitrogens with two attached hydrogens (primary N) is 2. The SMILES string of the molecule is NC1CCCC(C(=O)Nc2ccc(CS(N)(=O)=O)cc2)C1. The molecule has 2 rings (SSSR count). The molecule has 0 aliphatic heterocycles. The summed E-state index contributed by atoms with van der Waals surface area (Å²) >= 11 is 0. The second kappa shape index (κ2) is 6.55. The van der Waals surface area contributed by atoms with Crippen molar-refractivity contribution in [1.29, 1.82) is 0 Å². The molecule has 1 fully saturated rings. The molecule has 0 radical (unpaired) electrons. The van der Waals surface area contributed by atoms with Crippen molar-refractivity contribution in [3.05, 3.63) is 29.8 Å². The average molecular weight is 311 g/mol. The van der Waals surface area contributed by atoms with Crippen LogP contribution in [0.2, 0.25) is 0 Å². The van der Waals surface area contributed by atoms with Gasteiger partial charge in [-0.05, 0) is 37.0 Å². The molecule has 1 saturated carbocycles. The molecule has 2 atom stereocenters. The Morgan fingerprint density at radius 2 is 1.90 bits per heavy atom. The Morgan fingerprint density at radius 1 is 1.24 bits per heavy atom. The van der Waals surface area contributed by atoms with E-state index in [-0.39, 0.29) is 23.6 Å². The van der Waals surface area contributed by atoms with Crippen LogP contribution in [0.3, 0.4) is 0 Å². The Hall–Kier alpha value is -1.44. The molecule has 7 heteroatoms. The number of sulfonamides is 1. The highest BCUT2D eigenvalue weighted by Crippen LogP contribution is 2.24. The molecule has 1 aromatic carbocycles. The van der Waals surface area contributed by atoms with Gasteiger partial charge in [0.15, 0.2) is 0 Å². The molecule has 0 spiro atoms. The van der Waals surface area contributed by atoms with Gasteiger partial charge in [-0.2, -0.15) is 0 Å². The van der Waals surface area contributed by atoms with Crippen molar-refractivity contribution in [2.24, 2.45) is 16.8 Å². The van der Waals surface area contributed by atoms with Gasteiger partial charge in [0.05, 0.1) is 5.75 Å². The Balaban J connectivity index is 1.95. The molecule has 1 aliphatic rings. The molecular formula is C14H21N3O3S. The highest BCUT2D eigenvalue weighted by Gasteiger charge is 2.25. The fraction of sp³-hybridized carbons (Fsp3) is 0.500. The van der Waals surface area contributed by atoms with E-state index in [1.165, 1.54) is 0 Å². The number of rotatable bonds is 4. The van der Waals surface area contributed by atoms with Crippen LogP contribution in [-0.4, -0.2) is 20.4 Å². The predicted octanol–water partition coefficient (Wildman–Crippen LogP) is 0.931. The fourth-order valence-electron chi connectivity index (χ4n) is 2.63. The minimum atomic E-state index is -3.54. The largest absolute Gasteiger partial charge is 0.328 e. The van der Waals surface area contributed by atoms with Crippen LogP contribution in [0.5, 0.6) is 0 Å². The van der Waals surface area contributed by atoms with Gasteiger partial charge in [-0.3, -0.25) is 4.79 Å². The van der Waals surface area contributed by atoms with E-state index in [0.29, 0.717) is 11.3 Å². The summed E-state index contributed by atoms with van der Waals surface area (Å²) in [6, 6.07) is 6.76. The van der Waals surface area contributed by atoms with Crippen LogP contribution in [0, 0.1) is 5.92 Å². The standard InChI is InChI=1S/C14H21N3O3S/c15-12-3-1-2-11(8-12)14(18)17-13-6-4-10(5-7-13)9-21(16,19)20/h4-7,11-12H,1-3,8-9,15H2,(H,17,18)(H2,16,19,20). The van der Waals surface area contributed by atoms with Gasteiger partial charge in [0.1, 0.15) is 0 Å². The lowest BCUT2D eigenvalue weighted by Gasteiger charge is -2.25. The van der Waals surface area contributed by atoms with Crippen LogP contribution in [0.1, 0.15) is 31.2 Å². The Labute approximate surface area is 124 Å². The van der Waals surface area contributed by atoms with E-state index in [1.54, 1.807) is 24.3 Å². The van der Waals surface area contributed by atoms with Gasteiger partial charge in [0.2, 0.25) is 15.9 Å². The van der Waals surface area contributed by atoms with Crippen LogP contribution in [-0.2, 0) is 20.6 Å². The molecule has 116 valence electrons. The van der Waals surface area contributed by atoms with E-state index >= 15 is 0 Å². The lowest BCUT2D eigenvalue weighted by Crippen LogP contribution is -2.34. The number of carbonyl (C=O) groups excluding carboxylic acids is 1. The maximum atomic E-state index is 12.1. The summed E-state index contributed by atoms with van der Waals surface area (Å²) in [5, 5.41) is 7.83. The van der Waals surface area contributed by atoms with Gasteiger partial charge in [-0.15, -0.1) is 0 Å². The van der Waals surface area contributed by atoms with Crippen LogP contribution >= 0.6 is 0 Å². The van der Waals surface area contributed by atoms with Gasteiger partial charge < -0.3 is 11.1 Å². The smallest absolute Gasteiger partial charge is 0.227 e. The van der Waals surface area contributed by atoms with Crippen LogP contribution in [0.25, 0.3) is 0 Å². The number of nitrogens with one attached hydrogen (secondary N) is 1. The van der Waals surface area contributed by atoms with Crippen molar-refractivity contribution >= 4 is 21.6 Å². The molecule has 1 amide bonds. The zero-order valence-electron chi connectivity index (χ0n) is 11.8. The van der Waals surface area contributed by atoms with Crippen molar-refractivity contribution in [3.8, 4) is 0 Å².